The standard InChI is InChI=1S/C22H30N2O3/c1-14(22-10-16-7-17(11-22)9-18(8-16)12-22)23-21(26)13-27-20-6-4-3-5-19(20)24-15(2)25/h3-6,14,16-18H,7-13H2,1-2H3,(H,23,26)(H,24,25)/t14-,16?,17?,18?,22?/m1/s1. The van der Waals surface area contributed by atoms with E-state index in [0.29, 0.717) is 16.9 Å². The number of ether oxygens (including phenoxy) is 1. The third kappa shape index (κ3) is 3.83. The predicted molar refractivity (Wildman–Crippen MR) is 104 cm³/mol. The van der Waals surface area contributed by atoms with Crippen LogP contribution >= 0.6 is 0 Å². The van der Waals surface area contributed by atoms with Gasteiger partial charge in [-0.3, -0.25) is 9.59 Å². The smallest absolute Gasteiger partial charge is 0.258 e. The van der Waals surface area contributed by atoms with Crippen molar-refractivity contribution in [3.05, 3.63) is 24.3 Å². The highest BCUT2D eigenvalue weighted by Gasteiger charge is 2.53. The third-order valence-electron chi connectivity index (χ3n) is 6.94. The Hall–Kier alpha value is -2.04. The lowest BCUT2D eigenvalue weighted by Crippen LogP contribution is -2.56. The fraction of sp³-hybridized carbons (Fsp3) is 0.636. The van der Waals surface area contributed by atoms with Gasteiger partial charge in [-0.15, -0.1) is 0 Å². The van der Waals surface area contributed by atoms with Crippen LogP contribution in [0.3, 0.4) is 0 Å². The maximum atomic E-state index is 12.5. The topological polar surface area (TPSA) is 67.4 Å². The molecule has 4 saturated carbocycles. The molecule has 27 heavy (non-hydrogen) atoms. The average Bonchev–Trinajstić information content (AvgIpc) is 2.59. The van der Waals surface area contributed by atoms with E-state index in [1.165, 1.54) is 45.4 Å². The van der Waals surface area contributed by atoms with Crippen molar-refractivity contribution in [1.29, 1.82) is 0 Å². The van der Waals surface area contributed by atoms with Crippen molar-refractivity contribution in [3.8, 4) is 5.75 Å². The summed E-state index contributed by atoms with van der Waals surface area (Å²) < 4.78 is 5.69. The zero-order chi connectivity index (χ0) is 19.0. The van der Waals surface area contributed by atoms with E-state index in [2.05, 4.69) is 17.6 Å². The minimum absolute atomic E-state index is 0.0344. The minimum atomic E-state index is -0.161. The summed E-state index contributed by atoms with van der Waals surface area (Å²) in [6, 6.07) is 7.38. The second-order valence-electron chi connectivity index (χ2n) is 9.04. The number of rotatable bonds is 6. The van der Waals surface area contributed by atoms with E-state index >= 15 is 0 Å². The van der Waals surface area contributed by atoms with Gasteiger partial charge in [0.2, 0.25) is 5.91 Å². The number of carbonyl (C=O) groups excluding carboxylic acids is 2. The normalized spacial score (nSPS) is 32.0. The van der Waals surface area contributed by atoms with E-state index in [1.807, 2.05) is 12.1 Å². The van der Waals surface area contributed by atoms with Crippen LogP contribution in [0.4, 0.5) is 5.69 Å². The Bertz CT molecular complexity index is 695. The molecule has 0 radical (unpaired) electrons. The summed E-state index contributed by atoms with van der Waals surface area (Å²) in [5.74, 6) is 2.89. The molecule has 5 rings (SSSR count). The Kier molecular flexibility index (Phi) is 4.87. The molecule has 1 aromatic carbocycles. The van der Waals surface area contributed by atoms with Crippen molar-refractivity contribution < 1.29 is 14.3 Å². The van der Waals surface area contributed by atoms with Gasteiger partial charge in [0.25, 0.3) is 5.91 Å². The second kappa shape index (κ2) is 7.17. The lowest BCUT2D eigenvalue weighted by molar-refractivity contribution is -0.127. The number of carbonyl (C=O) groups is 2. The molecular formula is C22H30N2O3. The van der Waals surface area contributed by atoms with Crippen LogP contribution < -0.4 is 15.4 Å². The predicted octanol–water partition coefficient (Wildman–Crippen LogP) is 3.74. The number of hydrogen-bond acceptors (Lipinski definition) is 3. The van der Waals surface area contributed by atoms with Crippen molar-refractivity contribution in [2.24, 2.45) is 23.2 Å². The maximum Gasteiger partial charge on any atom is 0.258 e. The summed E-state index contributed by atoms with van der Waals surface area (Å²) in [6.45, 7) is 3.60. The van der Waals surface area contributed by atoms with Crippen molar-refractivity contribution >= 4 is 17.5 Å². The number of amides is 2. The molecular weight excluding hydrogens is 340 g/mol. The second-order valence-corrected chi connectivity index (χ2v) is 9.04. The van der Waals surface area contributed by atoms with Crippen LogP contribution in [0.5, 0.6) is 5.75 Å². The molecule has 0 saturated heterocycles. The van der Waals surface area contributed by atoms with E-state index in [1.54, 1.807) is 12.1 Å². The Labute approximate surface area is 161 Å². The quantitative estimate of drug-likeness (QED) is 0.801. The van der Waals surface area contributed by atoms with Crippen LogP contribution in [-0.2, 0) is 9.59 Å². The molecule has 0 spiro atoms. The molecule has 0 aliphatic heterocycles. The highest BCUT2D eigenvalue weighted by Crippen LogP contribution is 2.61. The van der Waals surface area contributed by atoms with Gasteiger partial charge in [0, 0.05) is 13.0 Å². The number of benzene rings is 1. The minimum Gasteiger partial charge on any atom is -0.482 e. The third-order valence-corrected chi connectivity index (χ3v) is 6.94. The van der Waals surface area contributed by atoms with E-state index in [-0.39, 0.29) is 24.5 Å². The molecule has 5 nitrogen and oxygen atoms in total. The number of hydrogen-bond donors (Lipinski definition) is 2. The van der Waals surface area contributed by atoms with Gasteiger partial charge in [-0.25, -0.2) is 0 Å². The summed E-state index contributed by atoms with van der Waals surface area (Å²) >= 11 is 0. The van der Waals surface area contributed by atoms with E-state index in [9.17, 15) is 9.59 Å². The number of para-hydroxylation sites is 2. The maximum absolute atomic E-state index is 12.5. The van der Waals surface area contributed by atoms with Gasteiger partial charge in [0.05, 0.1) is 5.69 Å². The molecule has 4 bridgehead atoms. The lowest BCUT2D eigenvalue weighted by atomic mass is 9.48. The number of anilines is 1. The van der Waals surface area contributed by atoms with Crippen LogP contribution in [0.15, 0.2) is 24.3 Å². The first-order valence-corrected chi connectivity index (χ1v) is 10.2. The molecule has 5 heteroatoms. The summed E-state index contributed by atoms with van der Waals surface area (Å²) in [5.41, 5.74) is 0.880. The van der Waals surface area contributed by atoms with Gasteiger partial charge in [-0.05, 0) is 80.8 Å². The van der Waals surface area contributed by atoms with Crippen molar-refractivity contribution in [1.82, 2.24) is 5.32 Å². The molecule has 0 aromatic heterocycles. The summed E-state index contributed by atoms with van der Waals surface area (Å²) in [4.78, 5) is 23.8. The molecule has 1 atom stereocenters. The fourth-order valence-electron chi connectivity index (χ4n) is 6.17. The van der Waals surface area contributed by atoms with Gasteiger partial charge in [-0.2, -0.15) is 0 Å². The highest BCUT2D eigenvalue weighted by molar-refractivity contribution is 5.90. The van der Waals surface area contributed by atoms with E-state index < -0.39 is 0 Å². The van der Waals surface area contributed by atoms with Gasteiger partial charge in [0.15, 0.2) is 6.61 Å². The largest absolute Gasteiger partial charge is 0.482 e. The summed E-state index contributed by atoms with van der Waals surface area (Å²) in [7, 11) is 0. The van der Waals surface area contributed by atoms with Crippen LogP contribution in [0.2, 0.25) is 0 Å². The molecule has 4 fully saturated rings. The van der Waals surface area contributed by atoms with Crippen LogP contribution in [0.25, 0.3) is 0 Å². The van der Waals surface area contributed by atoms with Crippen molar-refractivity contribution in [2.45, 2.75) is 58.4 Å². The molecule has 1 aromatic rings. The van der Waals surface area contributed by atoms with Gasteiger partial charge in [0.1, 0.15) is 5.75 Å². The first-order chi connectivity index (χ1) is 12.9. The highest BCUT2D eigenvalue weighted by atomic mass is 16.5. The van der Waals surface area contributed by atoms with Gasteiger partial charge in [-0.1, -0.05) is 12.1 Å². The first kappa shape index (κ1) is 18.3. The Morgan fingerprint density at radius 2 is 1.70 bits per heavy atom. The molecule has 0 heterocycles. The number of nitrogens with one attached hydrogen (secondary N) is 2. The average molecular weight is 370 g/mol. The lowest BCUT2D eigenvalue weighted by Gasteiger charge is -2.59. The molecule has 2 N–H and O–H groups in total. The zero-order valence-electron chi connectivity index (χ0n) is 16.3. The molecule has 146 valence electrons. The van der Waals surface area contributed by atoms with Gasteiger partial charge < -0.3 is 15.4 Å². The Morgan fingerprint density at radius 1 is 1.11 bits per heavy atom. The molecule has 0 unspecified atom stereocenters. The van der Waals surface area contributed by atoms with Crippen molar-refractivity contribution in [2.75, 3.05) is 11.9 Å². The molecule has 4 aliphatic rings. The Balaban J connectivity index is 1.34. The first-order valence-electron chi connectivity index (χ1n) is 10.2. The van der Waals surface area contributed by atoms with E-state index in [0.717, 1.165) is 17.8 Å². The monoisotopic (exact) mass is 370 g/mol. The fourth-order valence-corrected chi connectivity index (χ4v) is 6.17. The Morgan fingerprint density at radius 3 is 2.30 bits per heavy atom. The summed E-state index contributed by atoms with van der Waals surface area (Å²) in [6.07, 6.45) is 8.03. The van der Waals surface area contributed by atoms with E-state index in [4.69, 9.17) is 4.74 Å². The SMILES string of the molecule is CC(=O)Nc1ccccc1OCC(=O)N[C@H](C)C12CC3CC(CC(C3)C1)C2. The van der Waals surface area contributed by atoms with Crippen LogP contribution in [0.1, 0.15) is 52.4 Å². The van der Waals surface area contributed by atoms with Crippen molar-refractivity contribution in [3.63, 3.8) is 0 Å². The molecule has 4 aliphatic carbocycles. The molecule has 2 amide bonds. The zero-order valence-corrected chi connectivity index (χ0v) is 16.3. The van der Waals surface area contributed by atoms with Crippen LogP contribution in [-0.4, -0.2) is 24.5 Å². The van der Waals surface area contributed by atoms with Gasteiger partial charge >= 0.3 is 0 Å². The summed E-state index contributed by atoms with van der Waals surface area (Å²) in [5, 5.41) is 5.95. The van der Waals surface area contributed by atoms with Crippen LogP contribution in [0, 0.1) is 23.2 Å².